The molecule has 1 N–H and O–H groups in total. The first-order valence-corrected chi connectivity index (χ1v) is 5.13. The smallest absolute Gasteiger partial charge is 0.337 e. The van der Waals surface area contributed by atoms with Crippen LogP contribution in [-0.2, 0) is 0 Å². The van der Waals surface area contributed by atoms with Gasteiger partial charge < -0.3 is 5.11 Å². The van der Waals surface area contributed by atoms with E-state index in [1.54, 1.807) is 6.07 Å². The molecule has 0 spiro atoms. The zero-order chi connectivity index (χ0) is 12.6. The fraction of sp³-hybridized carbons (Fsp3) is 0.273. The van der Waals surface area contributed by atoms with Gasteiger partial charge in [-0.1, -0.05) is 13.8 Å². The summed E-state index contributed by atoms with van der Waals surface area (Å²) in [4.78, 5) is 25.9. The Morgan fingerprint density at radius 1 is 1.47 bits per heavy atom. The van der Waals surface area contributed by atoms with Crippen LogP contribution in [0, 0.1) is 4.91 Å². The summed E-state index contributed by atoms with van der Waals surface area (Å²) in [5.74, 6) is -0.836. The lowest BCUT2D eigenvalue weighted by molar-refractivity contribution is 0.0696. The molecular weight excluding hydrogens is 222 g/mol. The zero-order valence-corrected chi connectivity index (χ0v) is 9.41. The minimum atomic E-state index is -1.05. The Morgan fingerprint density at radius 3 is 2.71 bits per heavy atom. The maximum Gasteiger partial charge on any atom is 0.337 e. The van der Waals surface area contributed by atoms with Crippen molar-refractivity contribution in [3.63, 3.8) is 0 Å². The molecule has 0 aliphatic rings. The van der Waals surface area contributed by atoms with Crippen molar-refractivity contribution in [1.29, 1.82) is 0 Å². The molecule has 17 heavy (non-hydrogen) atoms. The molecule has 6 nitrogen and oxygen atoms in total. The summed E-state index contributed by atoms with van der Waals surface area (Å²) in [6, 6.07) is 3.01. The normalized spacial score (nSPS) is 11.0. The highest BCUT2D eigenvalue weighted by atomic mass is 16.4. The van der Waals surface area contributed by atoms with Gasteiger partial charge in [-0.25, -0.2) is 9.78 Å². The predicted octanol–water partition coefficient (Wildman–Crippen LogP) is 2.55. The van der Waals surface area contributed by atoms with E-state index in [4.69, 9.17) is 5.11 Å². The Bertz CT molecular complexity index is 601. The van der Waals surface area contributed by atoms with Crippen molar-refractivity contribution < 1.29 is 9.90 Å². The van der Waals surface area contributed by atoms with E-state index < -0.39 is 5.97 Å². The molecular formula is C11H11N3O3. The average molecular weight is 233 g/mol. The van der Waals surface area contributed by atoms with E-state index in [1.807, 2.05) is 13.8 Å². The third kappa shape index (κ3) is 1.77. The van der Waals surface area contributed by atoms with E-state index in [-0.39, 0.29) is 17.3 Å². The molecule has 0 fully saturated rings. The summed E-state index contributed by atoms with van der Waals surface area (Å²) in [7, 11) is 0. The predicted molar refractivity (Wildman–Crippen MR) is 61.7 cm³/mol. The van der Waals surface area contributed by atoms with Crippen LogP contribution in [0.3, 0.4) is 0 Å². The molecule has 0 amide bonds. The maximum atomic E-state index is 10.8. The Labute approximate surface area is 96.9 Å². The molecule has 0 unspecified atom stereocenters. The molecule has 2 aromatic heterocycles. The van der Waals surface area contributed by atoms with E-state index in [9.17, 15) is 9.70 Å². The van der Waals surface area contributed by atoms with Crippen LogP contribution in [0.2, 0.25) is 0 Å². The van der Waals surface area contributed by atoms with E-state index in [2.05, 4.69) is 10.2 Å². The molecule has 2 rings (SSSR count). The minimum absolute atomic E-state index is 0.0517. The monoisotopic (exact) mass is 233 g/mol. The largest absolute Gasteiger partial charge is 0.478 e. The maximum absolute atomic E-state index is 10.8. The number of fused-ring (bicyclic) bond motifs is 1. The lowest BCUT2D eigenvalue weighted by Crippen LogP contribution is -1.98. The second kappa shape index (κ2) is 3.97. The third-order valence-electron chi connectivity index (χ3n) is 2.50. The fourth-order valence-electron chi connectivity index (χ4n) is 1.66. The number of aromatic nitrogens is 2. The molecule has 0 aromatic carbocycles. The van der Waals surface area contributed by atoms with Crippen molar-refractivity contribution in [2.75, 3.05) is 0 Å². The number of carbonyl (C=O) groups is 1. The van der Waals surface area contributed by atoms with E-state index >= 15 is 0 Å². The van der Waals surface area contributed by atoms with Gasteiger partial charge in [-0.15, -0.1) is 4.91 Å². The Hall–Kier alpha value is -2.24. The lowest BCUT2D eigenvalue weighted by Gasteiger charge is -1.99. The highest BCUT2D eigenvalue weighted by Crippen LogP contribution is 2.27. The number of carboxylic acid groups (broad SMARTS) is 1. The van der Waals surface area contributed by atoms with Crippen LogP contribution >= 0.6 is 0 Å². The molecule has 0 aliphatic carbocycles. The summed E-state index contributed by atoms with van der Waals surface area (Å²) >= 11 is 0. The van der Waals surface area contributed by atoms with Gasteiger partial charge in [0.1, 0.15) is 5.65 Å². The number of hydrogen-bond acceptors (Lipinski definition) is 4. The Morgan fingerprint density at radius 2 is 2.18 bits per heavy atom. The van der Waals surface area contributed by atoms with Gasteiger partial charge in [0.25, 0.3) is 0 Å². The summed E-state index contributed by atoms with van der Waals surface area (Å²) in [5.41, 5.74) is 1.19. The van der Waals surface area contributed by atoms with Crippen LogP contribution in [0.25, 0.3) is 5.65 Å². The molecule has 2 aromatic rings. The second-order valence-corrected chi connectivity index (χ2v) is 4.02. The van der Waals surface area contributed by atoms with Crippen LogP contribution in [-0.4, -0.2) is 20.5 Å². The lowest BCUT2D eigenvalue weighted by atomic mass is 10.1. The number of nitroso groups, excluding NO2 is 1. The molecule has 0 aliphatic heterocycles. The van der Waals surface area contributed by atoms with Crippen LogP contribution in [0.15, 0.2) is 23.5 Å². The first kappa shape index (κ1) is 11.3. The van der Waals surface area contributed by atoms with Crippen molar-refractivity contribution >= 4 is 17.4 Å². The first-order valence-electron chi connectivity index (χ1n) is 5.13. The quantitative estimate of drug-likeness (QED) is 0.825. The van der Waals surface area contributed by atoms with Gasteiger partial charge in [0.15, 0.2) is 0 Å². The van der Waals surface area contributed by atoms with E-state index in [1.165, 1.54) is 16.7 Å². The number of rotatable bonds is 3. The van der Waals surface area contributed by atoms with Crippen LogP contribution in [0.4, 0.5) is 5.82 Å². The molecule has 0 saturated carbocycles. The second-order valence-electron chi connectivity index (χ2n) is 4.02. The number of carboxylic acids is 1. The summed E-state index contributed by atoms with van der Waals surface area (Å²) in [5, 5.41) is 11.8. The Balaban J connectivity index is 2.75. The van der Waals surface area contributed by atoms with Crippen molar-refractivity contribution in [2.24, 2.45) is 5.18 Å². The number of hydrogen-bond donors (Lipinski definition) is 1. The van der Waals surface area contributed by atoms with Crippen molar-refractivity contribution in [3.8, 4) is 0 Å². The molecule has 0 saturated heterocycles. The number of imidazole rings is 1. The summed E-state index contributed by atoms with van der Waals surface area (Å²) < 4.78 is 1.41. The number of nitrogens with zero attached hydrogens (tertiary/aromatic N) is 3. The summed E-state index contributed by atoms with van der Waals surface area (Å²) in [6.07, 6.45) is 1.35. The molecule has 0 radical (unpaired) electrons. The molecule has 2 heterocycles. The van der Waals surface area contributed by atoms with Gasteiger partial charge in [-0.3, -0.25) is 4.40 Å². The van der Waals surface area contributed by atoms with E-state index in [0.29, 0.717) is 11.3 Å². The van der Waals surface area contributed by atoms with Gasteiger partial charge in [0.2, 0.25) is 5.82 Å². The number of pyridine rings is 1. The molecule has 0 bridgehead atoms. The van der Waals surface area contributed by atoms with Gasteiger partial charge in [0, 0.05) is 6.20 Å². The highest BCUT2D eigenvalue weighted by molar-refractivity contribution is 5.87. The molecule has 0 atom stereocenters. The first-order chi connectivity index (χ1) is 8.04. The van der Waals surface area contributed by atoms with Crippen LogP contribution < -0.4 is 0 Å². The fourth-order valence-corrected chi connectivity index (χ4v) is 1.66. The van der Waals surface area contributed by atoms with Crippen molar-refractivity contribution in [3.05, 3.63) is 34.5 Å². The van der Waals surface area contributed by atoms with Crippen molar-refractivity contribution in [1.82, 2.24) is 9.38 Å². The molecule has 88 valence electrons. The van der Waals surface area contributed by atoms with Gasteiger partial charge in [-0.2, -0.15) is 0 Å². The average Bonchev–Trinajstić information content (AvgIpc) is 2.66. The van der Waals surface area contributed by atoms with Gasteiger partial charge in [0.05, 0.1) is 11.3 Å². The Kier molecular flexibility index (Phi) is 2.63. The van der Waals surface area contributed by atoms with E-state index in [0.717, 1.165) is 0 Å². The summed E-state index contributed by atoms with van der Waals surface area (Å²) in [6.45, 7) is 3.79. The number of aromatic carboxylic acids is 1. The van der Waals surface area contributed by atoms with Crippen LogP contribution in [0.5, 0.6) is 0 Å². The topological polar surface area (TPSA) is 84.0 Å². The van der Waals surface area contributed by atoms with Crippen molar-refractivity contribution in [2.45, 2.75) is 19.8 Å². The minimum Gasteiger partial charge on any atom is -0.478 e. The van der Waals surface area contributed by atoms with Gasteiger partial charge >= 0.3 is 5.97 Å². The van der Waals surface area contributed by atoms with Gasteiger partial charge in [-0.05, 0) is 23.2 Å². The van der Waals surface area contributed by atoms with Crippen LogP contribution in [0.1, 0.15) is 35.8 Å². The standard InChI is InChI=1S/C11H11N3O3/c1-6(2)9-10(13-17)14-5-7(11(15)16)3-4-8(14)12-9/h3-6H,1-2H3,(H,15,16). The highest BCUT2D eigenvalue weighted by Gasteiger charge is 2.16. The SMILES string of the molecule is CC(C)c1nc2ccc(C(=O)O)cn2c1N=O. The third-order valence-corrected chi connectivity index (χ3v) is 2.50. The molecule has 6 heteroatoms. The zero-order valence-electron chi connectivity index (χ0n) is 9.41.